The van der Waals surface area contributed by atoms with Gasteiger partial charge in [0.15, 0.2) is 0 Å². The lowest BCUT2D eigenvalue weighted by Gasteiger charge is -2.25. The third kappa shape index (κ3) is 4.79. The molecule has 8 nitrogen and oxygen atoms in total. The van der Waals surface area contributed by atoms with Crippen LogP contribution < -0.4 is 10.6 Å². The fourth-order valence-corrected chi connectivity index (χ4v) is 3.83. The maximum Gasteiger partial charge on any atom is 0.339 e. The number of nitrogens with zero attached hydrogens (tertiary/aromatic N) is 3. The van der Waals surface area contributed by atoms with Gasteiger partial charge in [0.1, 0.15) is 0 Å². The Morgan fingerprint density at radius 3 is 2.76 bits per heavy atom. The molecule has 0 aliphatic heterocycles. The van der Waals surface area contributed by atoms with E-state index in [2.05, 4.69) is 27.8 Å². The summed E-state index contributed by atoms with van der Waals surface area (Å²) < 4.78 is 7.00. The Bertz CT molecular complexity index is 1230. The van der Waals surface area contributed by atoms with Crippen LogP contribution in [0.25, 0.3) is 5.52 Å². The molecule has 3 aromatic rings. The molecule has 8 heteroatoms. The number of nitrogens with one attached hydrogen (secondary N) is 2. The number of esters is 1. The Balaban J connectivity index is 1.55. The van der Waals surface area contributed by atoms with Crippen LogP contribution in [0, 0.1) is 12.8 Å². The van der Waals surface area contributed by atoms with E-state index in [1.807, 2.05) is 59.9 Å². The number of ether oxygens (including phenoxy) is 1. The van der Waals surface area contributed by atoms with Crippen molar-refractivity contribution in [3.8, 4) is 0 Å². The van der Waals surface area contributed by atoms with Gasteiger partial charge in [0, 0.05) is 17.8 Å². The van der Waals surface area contributed by atoms with Crippen molar-refractivity contribution in [3.63, 3.8) is 0 Å². The number of hydrogen-bond donors (Lipinski definition) is 2. The van der Waals surface area contributed by atoms with Crippen molar-refractivity contribution in [2.75, 3.05) is 11.9 Å². The van der Waals surface area contributed by atoms with Gasteiger partial charge in [-0.05, 0) is 37.5 Å². The standard InChI is InChI=1S/C25H27N5O3/c1-4-33-24(32)21-13-20-15-27-29-25(30(20)17(21)3)28-22-12-19(11-10-16(22)2)23(31)26-14-18-8-6-5-7-9-18/h5-13,15-16,22H,4,14H2,1-3H3,(H,26,31)(H,28,29). The van der Waals surface area contributed by atoms with Crippen LogP contribution in [-0.2, 0) is 16.1 Å². The number of amides is 1. The van der Waals surface area contributed by atoms with E-state index in [-0.39, 0.29) is 23.8 Å². The van der Waals surface area contributed by atoms with Crippen molar-refractivity contribution in [1.82, 2.24) is 19.9 Å². The first-order valence-corrected chi connectivity index (χ1v) is 11.0. The number of carbonyl (C=O) groups is 2. The molecule has 0 radical (unpaired) electrons. The van der Waals surface area contributed by atoms with E-state index in [4.69, 9.17) is 4.74 Å². The Kier molecular flexibility index (Phi) is 6.53. The molecule has 1 aliphatic rings. The number of aryl methyl sites for hydroxylation is 1. The topological polar surface area (TPSA) is 97.6 Å². The molecule has 170 valence electrons. The lowest BCUT2D eigenvalue weighted by atomic mass is 9.93. The number of carbonyl (C=O) groups excluding carboxylic acids is 2. The van der Waals surface area contributed by atoms with E-state index in [0.29, 0.717) is 35.9 Å². The molecule has 1 amide bonds. The van der Waals surface area contributed by atoms with Crippen LogP contribution in [0.3, 0.4) is 0 Å². The highest BCUT2D eigenvalue weighted by Gasteiger charge is 2.23. The fourth-order valence-electron chi connectivity index (χ4n) is 3.83. The van der Waals surface area contributed by atoms with E-state index in [1.165, 1.54) is 0 Å². The summed E-state index contributed by atoms with van der Waals surface area (Å²) in [4.78, 5) is 25.1. The molecule has 2 atom stereocenters. The zero-order chi connectivity index (χ0) is 23.4. The third-order valence-electron chi connectivity index (χ3n) is 5.68. The number of anilines is 1. The van der Waals surface area contributed by atoms with Gasteiger partial charge < -0.3 is 15.4 Å². The minimum Gasteiger partial charge on any atom is -0.462 e. The first-order chi connectivity index (χ1) is 16.0. The summed E-state index contributed by atoms with van der Waals surface area (Å²) in [7, 11) is 0. The zero-order valence-corrected chi connectivity index (χ0v) is 18.9. The number of hydrogen-bond acceptors (Lipinski definition) is 6. The number of fused-ring (bicyclic) bond motifs is 1. The van der Waals surface area contributed by atoms with E-state index in [1.54, 1.807) is 19.2 Å². The second-order valence-electron chi connectivity index (χ2n) is 7.97. The molecule has 1 aliphatic carbocycles. The Labute approximate surface area is 192 Å². The molecule has 0 spiro atoms. The molecule has 0 bridgehead atoms. The van der Waals surface area contributed by atoms with Gasteiger partial charge in [0.05, 0.1) is 29.9 Å². The first-order valence-electron chi connectivity index (χ1n) is 11.0. The fraction of sp³-hybridized carbons (Fsp3) is 0.280. The monoisotopic (exact) mass is 445 g/mol. The predicted molar refractivity (Wildman–Crippen MR) is 126 cm³/mol. The maximum atomic E-state index is 12.7. The zero-order valence-electron chi connectivity index (χ0n) is 18.9. The molecule has 1 aromatic carbocycles. The smallest absolute Gasteiger partial charge is 0.339 e. The van der Waals surface area contributed by atoms with Gasteiger partial charge >= 0.3 is 5.97 Å². The van der Waals surface area contributed by atoms with Gasteiger partial charge in [-0.3, -0.25) is 9.20 Å². The minimum absolute atomic E-state index is 0.119. The summed E-state index contributed by atoms with van der Waals surface area (Å²) in [5, 5.41) is 14.7. The van der Waals surface area contributed by atoms with Crippen molar-refractivity contribution in [2.24, 2.45) is 5.92 Å². The van der Waals surface area contributed by atoms with Gasteiger partial charge in [-0.15, -0.1) is 5.10 Å². The van der Waals surface area contributed by atoms with Crippen LogP contribution in [0.5, 0.6) is 0 Å². The molecule has 2 heterocycles. The largest absolute Gasteiger partial charge is 0.462 e. The molecule has 0 fully saturated rings. The third-order valence-corrected chi connectivity index (χ3v) is 5.68. The first kappa shape index (κ1) is 22.3. The van der Waals surface area contributed by atoms with E-state index in [9.17, 15) is 9.59 Å². The molecule has 33 heavy (non-hydrogen) atoms. The van der Waals surface area contributed by atoms with Crippen molar-refractivity contribution in [3.05, 3.63) is 83.2 Å². The van der Waals surface area contributed by atoms with Crippen LogP contribution in [0.15, 0.2) is 66.4 Å². The normalized spacial score (nSPS) is 17.5. The number of rotatable bonds is 7. The van der Waals surface area contributed by atoms with Gasteiger partial charge in [0.2, 0.25) is 5.95 Å². The molecule has 2 aromatic heterocycles. The summed E-state index contributed by atoms with van der Waals surface area (Å²) in [6.45, 7) is 6.44. The summed E-state index contributed by atoms with van der Waals surface area (Å²) >= 11 is 0. The molecule has 2 N–H and O–H groups in total. The van der Waals surface area contributed by atoms with Crippen LogP contribution in [-0.4, -0.2) is 39.1 Å². The average Bonchev–Trinajstić information content (AvgIpc) is 3.17. The quantitative estimate of drug-likeness (QED) is 0.541. The lowest BCUT2D eigenvalue weighted by molar-refractivity contribution is -0.117. The van der Waals surface area contributed by atoms with E-state index >= 15 is 0 Å². The molecular weight excluding hydrogens is 418 g/mol. The highest BCUT2D eigenvalue weighted by atomic mass is 16.5. The summed E-state index contributed by atoms with van der Waals surface area (Å²) in [6, 6.07) is 11.3. The Morgan fingerprint density at radius 2 is 2.00 bits per heavy atom. The molecule has 0 saturated carbocycles. The SMILES string of the molecule is CCOC(=O)c1cc2cnnc(NC3C=C(C(=O)NCc4ccccc4)C=CC3C)n2c1C. The second-order valence-corrected chi connectivity index (χ2v) is 7.97. The van der Waals surface area contributed by atoms with E-state index < -0.39 is 0 Å². The highest BCUT2D eigenvalue weighted by Crippen LogP contribution is 2.24. The number of benzene rings is 1. The molecule has 4 rings (SSSR count). The summed E-state index contributed by atoms with van der Waals surface area (Å²) in [5.41, 5.74) is 3.54. The van der Waals surface area contributed by atoms with Crippen molar-refractivity contribution in [2.45, 2.75) is 33.4 Å². The Morgan fingerprint density at radius 1 is 1.21 bits per heavy atom. The van der Waals surface area contributed by atoms with Crippen molar-refractivity contribution < 1.29 is 14.3 Å². The van der Waals surface area contributed by atoms with E-state index in [0.717, 1.165) is 11.1 Å². The molecular formula is C25H27N5O3. The highest BCUT2D eigenvalue weighted by molar-refractivity contribution is 5.96. The van der Waals surface area contributed by atoms with Crippen molar-refractivity contribution >= 4 is 23.3 Å². The summed E-state index contributed by atoms with van der Waals surface area (Å²) in [6.07, 6.45) is 7.34. The van der Waals surface area contributed by atoms with Gasteiger partial charge in [0.25, 0.3) is 5.91 Å². The molecule has 2 unspecified atom stereocenters. The summed E-state index contributed by atoms with van der Waals surface area (Å²) in [5.74, 6) is 0.0943. The minimum atomic E-state index is -0.379. The van der Waals surface area contributed by atoms with Gasteiger partial charge in [-0.2, -0.15) is 5.10 Å². The lowest BCUT2D eigenvalue weighted by Crippen LogP contribution is -2.32. The van der Waals surface area contributed by atoms with Crippen LogP contribution in [0.4, 0.5) is 5.95 Å². The predicted octanol–water partition coefficient (Wildman–Crippen LogP) is 3.44. The second kappa shape index (κ2) is 9.68. The number of aromatic nitrogens is 3. The van der Waals surface area contributed by atoms with Crippen LogP contribution in [0.1, 0.15) is 35.5 Å². The van der Waals surface area contributed by atoms with Crippen LogP contribution >= 0.6 is 0 Å². The van der Waals surface area contributed by atoms with Crippen LogP contribution in [0.2, 0.25) is 0 Å². The molecule has 0 saturated heterocycles. The van der Waals surface area contributed by atoms with Gasteiger partial charge in [-0.1, -0.05) is 49.4 Å². The van der Waals surface area contributed by atoms with Crippen molar-refractivity contribution in [1.29, 1.82) is 0 Å². The van der Waals surface area contributed by atoms with Gasteiger partial charge in [-0.25, -0.2) is 4.79 Å². The maximum absolute atomic E-state index is 12.7. The average molecular weight is 446 g/mol. The Hall–Kier alpha value is -3.94.